The summed E-state index contributed by atoms with van der Waals surface area (Å²) < 4.78 is 5.75. The van der Waals surface area contributed by atoms with Gasteiger partial charge in [-0.2, -0.15) is 0 Å². The minimum Gasteiger partial charge on any atom is -0.460 e. The highest BCUT2D eigenvalue weighted by Crippen LogP contribution is 2.35. The molecular weight excluding hydrogens is 305 g/mol. The number of rotatable bonds is 4. The van der Waals surface area contributed by atoms with Crippen LogP contribution in [0.2, 0.25) is 15.1 Å². The van der Waals surface area contributed by atoms with E-state index in [-0.39, 0.29) is 0 Å². The minimum atomic E-state index is 0.405. The fourth-order valence-electron chi connectivity index (χ4n) is 1.63. The zero-order chi connectivity index (χ0) is 14.0. The van der Waals surface area contributed by atoms with E-state index in [4.69, 9.17) is 39.2 Å². The second kappa shape index (κ2) is 6.19. The molecule has 0 unspecified atom stereocenters. The molecule has 0 aliphatic rings. The normalized spacial score (nSPS) is 11.3. The molecule has 0 saturated heterocycles. The van der Waals surface area contributed by atoms with Crippen molar-refractivity contribution in [3.63, 3.8) is 0 Å². The summed E-state index contributed by atoms with van der Waals surface area (Å²) in [5, 5.41) is 4.70. The zero-order valence-corrected chi connectivity index (χ0v) is 12.9. The van der Waals surface area contributed by atoms with E-state index in [2.05, 4.69) is 19.2 Å². The molecule has 19 heavy (non-hydrogen) atoms. The Bertz CT molecular complexity index is 578. The minimum absolute atomic E-state index is 0.405. The predicted octanol–water partition coefficient (Wildman–Crippen LogP) is 5.40. The van der Waals surface area contributed by atoms with Crippen molar-refractivity contribution in [1.82, 2.24) is 5.32 Å². The SMILES string of the molecule is CC(C)NCc1ccc(-c2cc(Cl)c(Cl)cc2Cl)o1. The summed E-state index contributed by atoms with van der Waals surface area (Å²) in [5.74, 6) is 1.54. The van der Waals surface area contributed by atoms with Gasteiger partial charge in [0.25, 0.3) is 0 Å². The Morgan fingerprint density at radius 1 is 1.05 bits per heavy atom. The Balaban J connectivity index is 2.25. The van der Waals surface area contributed by atoms with Crippen LogP contribution in [0.1, 0.15) is 19.6 Å². The molecule has 0 atom stereocenters. The van der Waals surface area contributed by atoms with Gasteiger partial charge in [-0.05, 0) is 24.3 Å². The van der Waals surface area contributed by atoms with E-state index in [0.717, 1.165) is 11.3 Å². The Hall–Kier alpha value is -0.670. The lowest BCUT2D eigenvalue weighted by Crippen LogP contribution is -2.21. The molecule has 0 fully saturated rings. The van der Waals surface area contributed by atoms with Crippen LogP contribution in [0.3, 0.4) is 0 Å². The van der Waals surface area contributed by atoms with Crippen molar-refractivity contribution in [2.75, 3.05) is 0 Å². The largest absolute Gasteiger partial charge is 0.460 e. The molecule has 5 heteroatoms. The first-order valence-corrected chi connectivity index (χ1v) is 7.07. The van der Waals surface area contributed by atoms with Crippen LogP contribution < -0.4 is 5.32 Å². The van der Waals surface area contributed by atoms with Crippen LogP contribution in [0, 0.1) is 0 Å². The maximum Gasteiger partial charge on any atom is 0.135 e. The second-order valence-corrected chi connectivity index (χ2v) is 5.77. The number of halogens is 3. The van der Waals surface area contributed by atoms with Gasteiger partial charge in [0.15, 0.2) is 0 Å². The first-order chi connectivity index (χ1) is 8.97. The van der Waals surface area contributed by atoms with Gasteiger partial charge >= 0.3 is 0 Å². The lowest BCUT2D eigenvalue weighted by atomic mass is 10.2. The van der Waals surface area contributed by atoms with Gasteiger partial charge in [-0.1, -0.05) is 48.7 Å². The molecular formula is C14H14Cl3NO. The van der Waals surface area contributed by atoms with Gasteiger partial charge in [0.05, 0.1) is 21.6 Å². The standard InChI is InChI=1S/C14H14Cl3NO/c1-8(2)18-7-9-3-4-14(19-9)10-5-12(16)13(17)6-11(10)15/h3-6,8,18H,7H2,1-2H3. The molecule has 1 heterocycles. The van der Waals surface area contributed by atoms with Crippen molar-refractivity contribution in [3.8, 4) is 11.3 Å². The third-order valence-electron chi connectivity index (χ3n) is 2.62. The van der Waals surface area contributed by atoms with Gasteiger partial charge < -0.3 is 9.73 Å². The lowest BCUT2D eigenvalue weighted by molar-refractivity contribution is 0.473. The fourth-order valence-corrected chi connectivity index (χ4v) is 2.27. The van der Waals surface area contributed by atoms with Crippen LogP contribution >= 0.6 is 34.8 Å². The number of hydrogen-bond acceptors (Lipinski definition) is 2. The molecule has 0 radical (unpaired) electrons. The molecule has 2 rings (SSSR count). The van der Waals surface area contributed by atoms with E-state index in [1.165, 1.54) is 0 Å². The van der Waals surface area contributed by atoms with E-state index in [0.29, 0.717) is 33.4 Å². The maximum atomic E-state index is 6.15. The molecule has 102 valence electrons. The molecule has 0 aliphatic carbocycles. The summed E-state index contributed by atoms with van der Waals surface area (Å²) in [6, 6.07) is 7.54. The van der Waals surface area contributed by atoms with Crippen molar-refractivity contribution < 1.29 is 4.42 Å². The molecule has 0 amide bonds. The van der Waals surface area contributed by atoms with Crippen molar-refractivity contribution in [2.45, 2.75) is 26.4 Å². The summed E-state index contributed by atoms with van der Waals surface area (Å²) in [6.07, 6.45) is 0. The van der Waals surface area contributed by atoms with E-state index in [9.17, 15) is 0 Å². The molecule has 0 saturated carbocycles. The van der Waals surface area contributed by atoms with Crippen molar-refractivity contribution >= 4 is 34.8 Å². The van der Waals surface area contributed by atoms with E-state index < -0.39 is 0 Å². The average molecular weight is 319 g/mol. The van der Waals surface area contributed by atoms with Gasteiger partial charge in [0.1, 0.15) is 11.5 Å². The summed E-state index contributed by atoms with van der Waals surface area (Å²) in [5.41, 5.74) is 0.742. The molecule has 0 aliphatic heterocycles. The molecule has 1 aromatic heterocycles. The topological polar surface area (TPSA) is 25.2 Å². The molecule has 1 N–H and O–H groups in total. The van der Waals surface area contributed by atoms with Crippen LogP contribution in [0.4, 0.5) is 0 Å². The van der Waals surface area contributed by atoms with Gasteiger partial charge in [0.2, 0.25) is 0 Å². The van der Waals surface area contributed by atoms with Gasteiger partial charge in [-0.3, -0.25) is 0 Å². The van der Waals surface area contributed by atoms with Crippen LogP contribution in [-0.4, -0.2) is 6.04 Å². The smallest absolute Gasteiger partial charge is 0.135 e. The third kappa shape index (κ3) is 3.67. The summed E-state index contributed by atoms with van der Waals surface area (Å²) in [4.78, 5) is 0. The first-order valence-electron chi connectivity index (χ1n) is 5.94. The molecule has 2 nitrogen and oxygen atoms in total. The number of hydrogen-bond donors (Lipinski definition) is 1. The highest BCUT2D eigenvalue weighted by atomic mass is 35.5. The van der Waals surface area contributed by atoms with Crippen LogP contribution in [0.25, 0.3) is 11.3 Å². The monoisotopic (exact) mass is 317 g/mol. The van der Waals surface area contributed by atoms with Gasteiger partial charge in [-0.25, -0.2) is 0 Å². The van der Waals surface area contributed by atoms with Gasteiger partial charge in [0, 0.05) is 11.6 Å². The maximum absolute atomic E-state index is 6.15. The summed E-state index contributed by atoms with van der Waals surface area (Å²) in [7, 11) is 0. The molecule has 2 aromatic rings. The van der Waals surface area contributed by atoms with E-state index in [1.54, 1.807) is 12.1 Å². The van der Waals surface area contributed by atoms with Crippen molar-refractivity contribution in [2.24, 2.45) is 0 Å². The Labute approximate surface area is 127 Å². The predicted molar refractivity (Wildman–Crippen MR) is 81.1 cm³/mol. The van der Waals surface area contributed by atoms with Crippen LogP contribution in [-0.2, 0) is 6.54 Å². The van der Waals surface area contributed by atoms with E-state index >= 15 is 0 Å². The fraction of sp³-hybridized carbons (Fsp3) is 0.286. The number of furan rings is 1. The Morgan fingerprint density at radius 2 is 1.74 bits per heavy atom. The Morgan fingerprint density at radius 3 is 2.42 bits per heavy atom. The Kier molecular flexibility index (Phi) is 4.80. The van der Waals surface area contributed by atoms with Crippen LogP contribution in [0.5, 0.6) is 0 Å². The average Bonchev–Trinajstić information content (AvgIpc) is 2.80. The van der Waals surface area contributed by atoms with E-state index in [1.807, 2.05) is 12.1 Å². The highest BCUT2D eigenvalue weighted by Gasteiger charge is 2.12. The molecule has 0 spiro atoms. The van der Waals surface area contributed by atoms with Crippen molar-refractivity contribution in [1.29, 1.82) is 0 Å². The quantitative estimate of drug-likeness (QED) is 0.763. The van der Waals surface area contributed by atoms with Crippen LogP contribution in [0.15, 0.2) is 28.7 Å². The molecule has 1 aromatic carbocycles. The van der Waals surface area contributed by atoms with Crippen molar-refractivity contribution in [3.05, 3.63) is 45.1 Å². The summed E-state index contributed by atoms with van der Waals surface area (Å²) >= 11 is 18.1. The second-order valence-electron chi connectivity index (χ2n) is 4.55. The summed E-state index contributed by atoms with van der Waals surface area (Å²) in [6.45, 7) is 4.84. The number of benzene rings is 1. The number of nitrogens with one attached hydrogen (secondary N) is 1. The zero-order valence-electron chi connectivity index (χ0n) is 10.6. The van der Waals surface area contributed by atoms with Gasteiger partial charge in [-0.15, -0.1) is 0 Å². The highest BCUT2D eigenvalue weighted by molar-refractivity contribution is 6.44. The lowest BCUT2D eigenvalue weighted by Gasteiger charge is -2.06. The molecule has 0 bridgehead atoms. The third-order valence-corrected chi connectivity index (χ3v) is 3.66. The first kappa shape index (κ1) is 14.7.